The summed E-state index contributed by atoms with van der Waals surface area (Å²) in [6, 6.07) is 8.18. The van der Waals surface area contributed by atoms with E-state index in [4.69, 9.17) is 9.47 Å². The van der Waals surface area contributed by atoms with E-state index in [1.54, 1.807) is 7.11 Å². The van der Waals surface area contributed by atoms with Gasteiger partial charge in [-0.1, -0.05) is 30.4 Å². The average Bonchev–Trinajstić information content (AvgIpc) is 3.49. The van der Waals surface area contributed by atoms with Crippen molar-refractivity contribution in [3.8, 4) is 0 Å². The molecule has 0 unspecified atom stereocenters. The molecule has 0 aliphatic carbocycles. The fraction of sp³-hybridized carbons (Fsp3) is 0.478. The lowest BCUT2D eigenvalue weighted by Crippen LogP contribution is -2.44. The third kappa shape index (κ3) is 3.04. The highest BCUT2D eigenvalue weighted by atomic mass is 16.5. The monoisotopic (exact) mass is 409 g/mol. The van der Waals surface area contributed by atoms with Crippen LogP contribution in [-0.2, 0) is 25.5 Å². The Balaban J connectivity index is 1.27. The van der Waals surface area contributed by atoms with Gasteiger partial charge in [-0.3, -0.25) is 9.59 Å². The van der Waals surface area contributed by atoms with Gasteiger partial charge in [-0.15, -0.1) is 0 Å². The smallest absolute Gasteiger partial charge is 0.230 e. The predicted molar refractivity (Wildman–Crippen MR) is 112 cm³/mol. The Bertz CT molecular complexity index is 999. The second-order valence-corrected chi connectivity index (χ2v) is 8.41. The summed E-state index contributed by atoms with van der Waals surface area (Å²) < 4.78 is 11.2. The van der Waals surface area contributed by atoms with Crippen molar-refractivity contribution in [2.24, 2.45) is 11.8 Å². The number of aromatic amines is 1. The first kappa shape index (κ1) is 19.3. The minimum absolute atomic E-state index is 0.0266. The van der Waals surface area contributed by atoms with Crippen molar-refractivity contribution in [2.45, 2.75) is 24.5 Å². The number of amides is 2. The van der Waals surface area contributed by atoms with Crippen LogP contribution < -0.4 is 5.32 Å². The second-order valence-electron chi connectivity index (χ2n) is 8.41. The molecule has 2 aromatic rings. The number of benzene rings is 1. The summed E-state index contributed by atoms with van der Waals surface area (Å²) >= 11 is 0. The van der Waals surface area contributed by atoms with Gasteiger partial charge in [-0.05, 0) is 24.5 Å². The third-order valence-corrected chi connectivity index (χ3v) is 6.63. The highest BCUT2D eigenvalue weighted by Crippen LogP contribution is 2.51. The fourth-order valence-corrected chi connectivity index (χ4v) is 5.21. The normalized spacial score (nSPS) is 29.2. The summed E-state index contributed by atoms with van der Waals surface area (Å²) in [5.41, 5.74) is 1.64. The summed E-state index contributed by atoms with van der Waals surface area (Å²) in [5.74, 6) is -0.959. The zero-order valence-electron chi connectivity index (χ0n) is 17.1. The van der Waals surface area contributed by atoms with Crippen LogP contribution in [0.5, 0.6) is 0 Å². The number of hydrogen-bond donors (Lipinski definition) is 2. The van der Waals surface area contributed by atoms with Crippen molar-refractivity contribution < 1.29 is 19.1 Å². The molecule has 7 nitrogen and oxygen atoms in total. The van der Waals surface area contributed by atoms with Crippen LogP contribution >= 0.6 is 0 Å². The van der Waals surface area contributed by atoms with Crippen LogP contribution in [0.1, 0.15) is 12.0 Å². The summed E-state index contributed by atoms with van der Waals surface area (Å²) in [6.07, 6.45) is 7.17. The maximum Gasteiger partial charge on any atom is 0.230 e. The van der Waals surface area contributed by atoms with E-state index in [9.17, 15) is 9.59 Å². The number of aromatic nitrogens is 1. The van der Waals surface area contributed by atoms with Gasteiger partial charge in [-0.2, -0.15) is 0 Å². The lowest BCUT2D eigenvalue weighted by molar-refractivity contribution is -0.137. The summed E-state index contributed by atoms with van der Waals surface area (Å²) in [4.78, 5) is 31.3. The van der Waals surface area contributed by atoms with Gasteiger partial charge in [0, 0.05) is 43.9 Å². The Kier molecular flexibility index (Phi) is 4.87. The molecular weight excluding hydrogens is 382 g/mol. The van der Waals surface area contributed by atoms with E-state index in [1.807, 2.05) is 35.4 Å². The quantitative estimate of drug-likeness (QED) is 0.513. The van der Waals surface area contributed by atoms with Gasteiger partial charge < -0.3 is 24.7 Å². The molecule has 3 aliphatic heterocycles. The van der Waals surface area contributed by atoms with E-state index in [2.05, 4.69) is 22.4 Å². The fourth-order valence-electron chi connectivity index (χ4n) is 5.21. The molecule has 4 heterocycles. The van der Waals surface area contributed by atoms with Gasteiger partial charge in [0.05, 0.1) is 24.5 Å². The minimum Gasteiger partial charge on any atom is -0.385 e. The first-order chi connectivity index (χ1) is 14.6. The molecule has 3 aliphatic rings. The van der Waals surface area contributed by atoms with Crippen LogP contribution in [0.4, 0.5) is 0 Å². The molecule has 1 aromatic heterocycles. The second kappa shape index (κ2) is 7.56. The highest BCUT2D eigenvalue weighted by Gasteiger charge is 2.66. The number of nitrogens with one attached hydrogen (secondary N) is 2. The van der Waals surface area contributed by atoms with Crippen molar-refractivity contribution >= 4 is 22.7 Å². The lowest BCUT2D eigenvalue weighted by atomic mass is 9.77. The maximum atomic E-state index is 13.3. The van der Waals surface area contributed by atoms with Crippen molar-refractivity contribution in [2.75, 3.05) is 33.4 Å². The summed E-state index contributed by atoms with van der Waals surface area (Å²) in [6.45, 7) is 2.26. The molecular formula is C23H27N3O4. The topological polar surface area (TPSA) is 83.7 Å². The Morgan fingerprint density at radius 3 is 3.13 bits per heavy atom. The van der Waals surface area contributed by atoms with Crippen molar-refractivity contribution in [3.05, 3.63) is 48.2 Å². The van der Waals surface area contributed by atoms with E-state index in [-0.39, 0.29) is 17.9 Å². The maximum absolute atomic E-state index is 13.3. The Labute approximate surface area is 175 Å². The summed E-state index contributed by atoms with van der Waals surface area (Å²) in [7, 11) is 1.64. The van der Waals surface area contributed by atoms with Gasteiger partial charge in [0.2, 0.25) is 11.8 Å². The number of para-hydroxylation sites is 1. The first-order valence-corrected chi connectivity index (χ1v) is 10.6. The van der Waals surface area contributed by atoms with Crippen LogP contribution in [0, 0.1) is 11.8 Å². The molecule has 0 saturated carbocycles. The first-order valence-electron chi connectivity index (χ1n) is 10.6. The molecule has 158 valence electrons. The zero-order valence-corrected chi connectivity index (χ0v) is 17.1. The molecule has 7 heteroatoms. The Morgan fingerprint density at radius 2 is 2.27 bits per heavy atom. The van der Waals surface area contributed by atoms with Crippen molar-refractivity contribution in [1.29, 1.82) is 0 Å². The summed E-state index contributed by atoms with van der Waals surface area (Å²) in [5, 5.41) is 4.14. The van der Waals surface area contributed by atoms with Gasteiger partial charge in [0.1, 0.15) is 5.60 Å². The number of hydrogen-bond acceptors (Lipinski definition) is 4. The number of carbonyl (C=O) groups excluding carboxylic acids is 2. The molecule has 2 fully saturated rings. The van der Waals surface area contributed by atoms with Crippen LogP contribution in [0.3, 0.4) is 0 Å². The molecule has 30 heavy (non-hydrogen) atoms. The van der Waals surface area contributed by atoms with Crippen molar-refractivity contribution in [1.82, 2.24) is 15.2 Å². The van der Waals surface area contributed by atoms with Gasteiger partial charge in [-0.25, -0.2) is 0 Å². The molecule has 0 radical (unpaired) electrons. The van der Waals surface area contributed by atoms with Gasteiger partial charge in [0.15, 0.2) is 0 Å². The minimum atomic E-state index is -0.656. The predicted octanol–water partition coefficient (Wildman–Crippen LogP) is 1.65. The van der Waals surface area contributed by atoms with Crippen LogP contribution in [-0.4, -0.2) is 66.8 Å². The van der Waals surface area contributed by atoms with Crippen LogP contribution in [0.15, 0.2) is 42.6 Å². The molecule has 1 aromatic carbocycles. The number of rotatable bonds is 8. The van der Waals surface area contributed by atoms with E-state index < -0.39 is 17.4 Å². The average molecular weight is 409 g/mol. The van der Waals surface area contributed by atoms with E-state index in [0.29, 0.717) is 26.2 Å². The van der Waals surface area contributed by atoms with Gasteiger partial charge >= 0.3 is 0 Å². The SMILES string of the molecule is COCCCNC(=O)[C@H]1[C@@H]2C=C[C@]3(CN(CCc4c[nH]c5ccccc45)C(=O)[C@@H]13)O2. The molecule has 4 atom stereocenters. The molecule has 1 spiro atoms. The van der Waals surface area contributed by atoms with Crippen molar-refractivity contribution in [3.63, 3.8) is 0 Å². The molecule has 2 saturated heterocycles. The molecule has 5 rings (SSSR count). The lowest BCUT2D eigenvalue weighted by Gasteiger charge is -2.23. The molecule has 2 bridgehead atoms. The number of carbonyl (C=O) groups is 2. The number of fused-ring (bicyclic) bond motifs is 2. The third-order valence-electron chi connectivity index (χ3n) is 6.63. The number of ether oxygens (including phenoxy) is 2. The van der Waals surface area contributed by atoms with E-state index in [1.165, 1.54) is 10.9 Å². The largest absolute Gasteiger partial charge is 0.385 e. The number of nitrogens with zero attached hydrogens (tertiary/aromatic N) is 1. The van der Waals surface area contributed by atoms with Crippen LogP contribution in [0.2, 0.25) is 0 Å². The Morgan fingerprint density at radius 1 is 1.40 bits per heavy atom. The zero-order chi connectivity index (χ0) is 20.7. The molecule has 2 N–H and O–H groups in total. The van der Waals surface area contributed by atoms with Crippen LogP contribution in [0.25, 0.3) is 10.9 Å². The number of H-pyrrole nitrogens is 1. The molecule has 2 amide bonds. The standard InChI is InChI=1S/C23H27N3O4/c1-29-12-4-10-24-21(27)19-18-7-9-23(30-18)14-26(22(28)20(19)23)11-8-15-13-25-17-6-3-2-5-16(15)17/h2-3,5-7,9,13,18-20,25H,4,8,10-12,14H2,1H3,(H,24,27)/t18-,19-,20+,23+/m0/s1. The van der Waals surface area contributed by atoms with E-state index >= 15 is 0 Å². The van der Waals surface area contributed by atoms with Gasteiger partial charge in [0.25, 0.3) is 0 Å². The number of likely N-dealkylation sites (tertiary alicyclic amines) is 1. The van der Waals surface area contributed by atoms with E-state index in [0.717, 1.165) is 18.4 Å². The highest BCUT2D eigenvalue weighted by molar-refractivity contribution is 5.93. The Hall–Kier alpha value is -2.64. The number of methoxy groups -OCH3 is 1.